The predicted octanol–water partition coefficient (Wildman–Crippen LogP) is 1.73. The lowest BCUT2D eigenvalue weighted by Gasteiger charge is -2.58. The topological polar surface area (TPSA) is 41.9 Å². The summed E-state index contributed by atoms with van der Waals surface area (Å²) in [7, 11) is 1.51. The van der Waals surface area contributed by atoms with Crippen LogP contribution in [0.4, 0.5) is 0 Å². The van der Waals surface area contributed by atoms with Crippen LogP contribution in [0.3, 0.4) is 0 Å². The van der Waals surface area contributed by atoms with Crippen molar-refractivity contribution in [3.8, 4) is 11.5 Å². The summed E-state index contributed by atoms with van der Waals surface area (Å²) in [6.07, 6.45) is -2.44. The lowest BCUT2D eigenvalue weighted by molar-refractivity contribution is -0.0993. The van der Waals surface area contributed by atoms with Crippen LogP contribution < -0.4 is 9.47 Å². The predicted molar refractivity (Wildman–Crippen MR) is 82.6 cm³/mol. The molecule has 2 heterocycles. The fourth-order valence-corrected chi connectivity index (χ4v) is 4.92. The van der Waals surface area contributed by atoms with E-state index in [4.69, 9.17) is 22.9 Å². The van der Waals surface area contributed by atoms with Gasteiger partial charge in [-0.15, -0.1) is 0 Å². The number of methoxy groups -OCH3 is 1. The van der Waals surface area contributed by atoms with Crippen LogP contribution in [0.25, 0.3) is 0 Å². The lowest BCUT2D eigenvalue weighted by atomic mass is 9.51. The van der Waals surface area contributed by atoms with E-state index in [9.17, 15) is 1.37 Å². The van der Waals surface area contributed by atoms with E-state index >= 15 is 0 Å². The highest BCUT2D eigenvalue weighted by Crippen LogP contribution is 2.63. The van der Waals surface area contributed by atoms with E-state index in [2.05, 4.69) is 0 Å². The first-order valence-corrected chi connectivity index (χ1v) is 7.81. The summed E-state index contributed by atoms with van der Waals surface area (Å²) in [5, 5.41) is 4.98. The van der Waals surface area contributed by atoms with E-state index in [1.54, 1.807) is 12.1 Å². The number of aliphatic hydroxyl groups excluding tert-OH is 1. The van der Waals surface area contributed by atoms with E-state index in [0.717, 1.165) is 0 Å². The Labute approximate surface area is 140 Å². The third-order valence-electron chi connectivity index (χ3n) is 5.81. The molecular weight excluding hydrogens is 278 g/mol. The highest BCUT2D eigenvalue weighted by molar-refractivity contribution is 5.61. The van der Waals surface area contributed by atoms with Crippen molar-refractivity contribution in [2.45, 2.75) is 49.3 Å². The number of piperidine rings is 1. The smallest absolute Gasteiger partial charge is 0.211 e. The molecule has 2 aliphatic carbocycles. The molecule has 2 unspecified atom stereocenters. The Morgan fingerprint density at radius 1 is 1.59 bits per heavy atom. The van der Waals surface area contributed by atoms with Gasteiger partial charge in [0.05, 0.1) is 13.2 Å². The summed E-state index contributed by atoms with van der Waals surface area (Å²) in [6.45, 7) is -2.40. The highest BCUT2D eigenvalue weighted by atomic mass is 16.5. The molecule has 2 bridgehead atoms. The molecule has 0 radical (unpaired) electrons. The molecule has 118 valence electrons. The number of aliphatic hydroxyl groups is 1. The van der Waals surface area contributed by atoms with Gasteiger partial charge in [-0.05, 0) is 56.7 Å². The van der Waals surface area contributed by atoms with Crippen molar-refractivity contribution in [1.82, 2.24) is 4.90 Å². The number of likely N-dealkylation sites (tertiary alicyclic amines) is 1. The molecule has 0 amide bonds. The number of benzene rings is 1. The monoisotopic (exact) mass is 308 g/mol. The van der Waals surface area contributed by atoms with Gasteiger partial charge in [-0.1, -0.05) is 6.07 Å². The van der Waals surface area contributed by atoms with Gasteiger partial charge in [0.25, 0.3) is 0 Å². The number of nitrogens with zero attached hydrogens (tertiary/aromatic N) is 1. The molecule has 2 aliphatic heterocycles. The van der Waals surface area contributed by atoms with Crippen molar-refractivity contribution >= 4 is 0 Å². The van der Waals surface area contributed by atoms with Crippen molar-refractivity contribution in [3.05, 3.63) is 23.3 Å². The van der Waals surface area contributed by atoms with Gasteiger partial charge in [0.1, 0.15) is 6.10 Å². The van der Waals surface area contributed by atoms with E-state index in [1.165, 1.54) is 12.0 Å². The van der Waals surface area contributed by atoms with E-state index in [-0.39, 0.29) is 13.0 Å². The molecule has 22 heavy (non-hydrogen) atoms. The number of rotatable bonds is 2. The van der Waals surface area contributed by atoms with Crippen LogP contribution in [-0.2, 0) is 11.8 Å². The minimum atomic E-state index is -2.52. The number of ether oxygens (including phenoxy) is 2. The summed E-state index contributed by atoms with van der Waals surface area (Å²) in [6, 6.07) is 2.09. The van der Waals surface area contributed by atoms with Gasteiger partial charge >= 0.3 is 0 Å². The third-order valence-corrected chi connectivity index (χ3v) is 5.81. The summed E-state index contributed by atoms with van der Waals surface area (Å²) in [5.74, 6) is -0.584. The summed E-state index contributed by atoms with van der Waals surface area (Å²) < 4.78 is 70.8. The maximum absolute atomic E-state index is 9.57. The molecule has 1 saturated carbocycles. The molecule has 1 aromatic rings. The molecule has 1 aromatic carbocycles. The molecule has 4 heteroatoms. The van der Waals surface area contributed by atoms with Gasteiger partial charge < -0.3 is 19.5 Å². The molecule has 4 aliphatic rings. The van der Waals surface area contributed by atoms with Crippen LogP contribution in [0.5, 0.6) is 11.5 Å². The molecule has 1 spiro atoms. The minimum absolute atomic E-state index is 0.113. The van der Waals surface area contributed by atoms with Crippen molar-refractivity contribution in [1.29, 1.82) is 1.43 Å². The maximum Gasteiger partial charge on any atom is 0.211 e. The molecule has 4 nitrogen and oxygen atoms in total. The Balaban J connectivity index is 1.85. The van der Waals surface area contributed by atoms with Crippen LogP contribution in [0.1, 0.15) is 38.6 Å². The molecular formula is C18H23NO3. The first-order chi connectivity index (χ1) is 13.5. The first kappa shape index (κ1) is 8.02. The number of hydrogen-bond donors (Lipinski definition) is 1. The minimum Gasteiger partial charge on any atom is -0.493 e. The molecule has 1 N–H and O–H groups in total. The lowest BCUT2D eigenvalue weighted by Crippen LogP contribution is -2.66. The van der Waals surface area contributed by atoms with E-state index in [0.29, 0.717) is 35.5 Å². The number of hydrogen-bond acceptors (Lipinski definition) is 4. The normalized spacial score (nSPS) is 52.6. The van der Waals surface area contributed by atoms with Gasteiger partial charge in [0.15, 0.2) is 11.5 Å². The fourth-order valence-electron chi connectivity index (χ4n) is 4.92. The zero-order chi connectivity index (χ0) is 21.0. The van der Waals surface area contributed by atoms with Crippen molar-refractivity contribution in [3.63, 3.8) is 0 Å². The average molecular weight is 308 g/mol. The second-order valence-electron chi connectivity index (χ2n) is 6.62. The Morgan fingerprint density at radius 2 is 2.55 bits per heavy atom. The van der Waals surface area contributed by atoms with Gasteiger partial charge in [-0.2, -0.15) is 0 Å². The van der Waals surface area contributed by atoms with E-state index < -0.39 is 42.9 Å². The maximum atomic E-state index is 9.57. The fraction of sp³-hybridized carbons (Fsp3) is 0.667. The zero-order valence-corrected chi connectivity index (χ0v) is 12.4. The van der Waals surface area contributed by atoms with Crippen molar-refractivity contribution in [2.24, 2.45) is 5.89 Å². The summed E-state index contributed by atoms with van der Waals surface area (Å²) in [5.41, 5.74) is 0.00192. The van der Waals surface area contributed by atoms with Crippen LogP contribution >= 0.6 is 0 Å². The molecule has 0 aromatic heterocycles. The quantitative estimate of drug-likeness (QED) is 0.903. The van der Waals surface area contributed by atoms with Crippen LogP contribution in [0, 0.1) is 5.89 Å². The van der Waals surface area contributed by atoms with Gasteiger partial charge in [0.2, 0.25) is 1.43 Å². The zero-order valence-electron chi connectivity index (χ0n) is 19.4. The second kappa shape index (κ2) is 4.18. The molecule has 5 atom stereocenters. The summed E-state index contributed by atoms with van der Waals surface area (Å²) in [4.78, 5) is 1.19. The van der Waals surface area contributed by atoms with Crippen molar-refractivity contribution in [2.75, 3.05) is 20.6 Å². The van der Waals surface area contributed by atoms with Crippen molar-refractivity contribution < 1.29 is 22.8 Å². The highest BCUT2D eigenvalue weighted by Gasteiger charge is 2.65. The first-order valence-electron chi connectivity index (χ1n) is 11.2. The summed E-state index contributed by atoms with van der Waals surface area (Å²) >= 11 is 0. The van der Waals surface area contributed by atoms with E-state index in [1.807, 2.05) is 0 Å². The van der Waals surface area contributed by atoms with Gasteiger partial charge in [-0.3, -0.25) is 0 Å². The van der Waals surface area contributed by atoms with Gasteiger partial charge in [0, 0.05) is 25.2 Å². The number of likely N-dealkylation sites (N-methyl/N-ethyl adjacent to an activating group) is 1. The Morgan fingerprint density at radius 3 is 3.36 bits per heavy atom. The average Bonchev–Trinajstić information content (AvgIpc) is 2.99. The second-order valence-corrected chi connectivity index (χ2v) is 6.62. The molecule has 1 saturated heterocycles. The standard InChI is InChI=1S/C18H23NO3/c1-19-8-7-18-11-4-5-13(20)17(18)22-16-14(21-2)6-3-10(15(16)18)9-12(11)19/h3,6,11-13,17,20H,4-5,7-9H2,1-2H3/t11-,12+,13?,17?,18-/m0/s1/i1D3,9D2,11D,20D. The third kappa shape index (κ3) is 1.32. The Kier molecular flexibility index (Phi) is 1.52. The SMILES string of the molecule is [2H]OC1CC[C@@]2([2H])[C@@H]3N(C([2H])([2H])[2H])CC[C@@]24c2c(ccc(OC)c2OC14)C3([2H])[2H]. The molecule has 2 fully saturated rings. The van der Waals surface area contributed by atoms with Crippen LogP contribution in [0.2, 0.25) is 0 Å². The van der Waals surface area contributed by atoms with Gasteiger partial charge in [-0.25, -0.2) is 0 Å². The molecule has 5 rings (SSSR count). The Hall–Kier alpha value is -1.26. The van der Waals surface area contributed by atoms with Crippen LogP contribution in [0.15, 0.2) is 12.1 Å². The Bertz CT molecular complexity index is 878. The largest absolute Gasteiger partial charge is 0.493 e. The van der Waals surface area contributed by atoms with Crippen LogP contribution in [-0.4, -0.2) is 50.3 Å².